The molecule has 0 amide bonds. The van der Waals surface area contributed by atoms with Crippen molar-refractivity contribution < 1.29 is 26.7 Å². The second-order valence-electron chi connectivity index (χ2n) is 11.3. The van der Waals surface area contributed by atoms with Crippen LogP contribution in [0.3, 0.4) is 0 Å². The molecular weight excluding hydrogens is 519 g/mol. The second-order valence-corrected chi connectivity index (χ2v) is 11.3. The van der Waals surface area contributed by atoms with Gasteiger partial charge in [-0.05, 0) is 105 Å². The Kier molecular flexibility index (Phi) is 10.0. The highest BCUT2D eigenvalue weighted by atomic mass is 19.3. The average Bonchev–Trinajstić information content (AvgIpc) is 2.96. The lowest BCUT2D eigenvalue weighted by molar-refractivity contribution is -0.301. The van der Waals surface area contributed by atoms with Crippen LogP contribution in [0.25, 0.3) is 16.7 Å². The minimum Gasteiger partial charge on any atom is -0.317 e. The molecule has 2 aliphatic rings. The van der Waals surface area contributed by atoms with Crippen molar-refractivity contribution in [3.05, 3.63) is 89.3 Å². The molecule has 216 valence electrons. The molecule has 0 unspecified atom stereocenters. The van der Waals surface area contributed by atoms with Crippen molar-refractivity contribution in [1.29, 1.82) is 0 Å². The van der Waals surface area contributed by atoms with Crippen molar-refractivity contribution in [1.82, 2.24) is 0 Å². The Morgan fingerprint density at radius 1 is 0.800 bits per heavy atom. The first kappa shape index (κ1) is 30.2. The minimum absolute atomic E-state index is 0.185. The predicted octanol–water partition coefficient (Wildman–Crippen LogP) is 11.1. The van der Waals surface area contributed by atoms with E-state index in [1.807, 2.05) is 24.3 Å². The van der Waals surface area contributed by atoms with Crippen LogP contribution in [-0.2, 0) is 4.74 Å². The van der Waals surface area contributed by atoms with Gasteiger partial charge < -0.3 is 4.74 Å². The maximum atomic E-state index is 15.0. The van der Waals surface area contributed by atoms with Gasteiger partial charge in [-0.3, -0.25) is 0 Å². The molecule has 0 heterocycles. The molecule has 40 heavy (non-hydrogen) atoms. The van der Waals surface area contributed by atoms with Gasteiger partial charge in [-0.2, -0.15) is 8.78 Å². The van der Waals surface area contributed by atoms with Gasteiger partial charge in [0.05, 0.1) is 12.0 Å². The third-order valence-electron chi connectivity index (χ3n) is 8.56. The first-order chi connectivity index (χ1) is 19.1. The molecule has 0 aliphatic heterocycles. The van der Waals surface area contributed by atoms with Crippen molar-refractivity contribution >= 4 is 5.57 Å². The van der Waals surface area contributed by atoms with E-state index in [-0.39, 0.29) is 17.1 Å². The molecule has 2 aromatic rings. The van der Waals surface area contributed by atoms with Gasteiger partial charge in [0.2, 0.25) is 0 Å². The fraction of sp³-hybridized carbons (Fsp3) is 0.471. The molecule has 2 aromatic carbocycles. The van der Waals surface area contributed by atoms with Crippen LogP contribution in [0.15, 0.2) is 72.3 Å². The van der Waals surface area contributed by atoms with Crippen LogP contribution in [0.4, 0.5) is 22.0 Å². The van der Waals surface area contributed by atoms with E-state index in [4.69, 9.17) is 4.74 Å². The predicted molar refractivity (Wildman–Crippen MR) is 152 cm³/mol. The zero-order valence-electron chi connectivity index (χ0n) is 23.5. The van der Waals surface area contributed by atoms with Crippen molar-refractivity contribution in [2.75, 3.05) is 0 Å². The summed E-state index contributed by atoms with van der Waals surface area (Å²) in [7, 11) is 0. The highest BCUT2D eigenvalue weighted by Gasteiger charge is 2.44. The number of halogens is 5. The summed E-state index contributed by atoms with van der Waals surface area (Å²) < 4.78 is 77.4. The molecule has 0 bridgehead atoms. The molecular formula is C34H39F5O. The van der Waals surface area contributed by atoms with Gasteiger partial charge in [-0.25, -0.2) is 13.2 Å². The van der Waals surface area contributed by atoms with Crippen molar-refractivity contribution in [3.8, 4) is 11.1 Å². The normalized spacial score (nSPS) is 25.2. The summed E-state index contributed by atoms with van der Waals surface area (Å²) in [5, 5.41) is 0. The zero-order chi connectivity index (χ0) is 28.9. The van der Waals surface area contributed by atoms with E-state index >= 15 is 4.39 Å². The zero-order valence-corrected chi connectivity index (χ0v) is 23.5. The van der Waals surface area contributed by atoms with E-state index in [2.05, 4.69) is 6.92 Å². The maximum absolute atomic E-state index is 15.0. The smallest absolute Gasteiger partial charge is 0.317 e. The fourth-order valence-electron chi connectivity index (χ4n) is 5.97. The monoisotopic (exact) mass is 558 g/mol. The number of ether oxygens (including phenoxy) is 1. The molecule has 6 heteroatoms. The number of allylic oxidation sites excluding steroid dienone is 6. The third-order valence-corrected chi connectivity index (χ3v) is 8.56. The van der Waals surface area contributed by atoms with Crippen LogP contribution >= 0.6 is 0 Å². The van der Waals surface area contributed by atoms with E-state index in [0.717, 1.165) is 49.0 Å². The van der Waals surface area contributed by atoms with E-state index in [1.54, 1.807) is 19.1 Å². The Morgan fingerprint density at radius 3 is 2.00 bits per heavy atom. The summed E-state index contributed by atoms with van der Waals surface area (Å²) in [5.74, 6) is -2.46. The number of hydrogen-bond donors (Lipinski definition) is 0. The van der Waals surface area contributed by atoms with Crippen molar-refractivity contribution in [3.63, 3.8) is 0 Å². The molecule has 0 spiro atoms. The minimum atomic E-state index is -3.05. The summed E-state index contributed by atoms with van der Waals surface area (Å²) in [6.45, 7) is 5.15. The standard InChI is InChI=1S/C34H39F5O/c1-4-23(20-33(37)31(35)5-2)30-19-14-27(21-32(30)36)26-10-8-24(9-11-26)25-12-17-29(18-13-25)40-34(38,39)28-15-6-22(3)7-16-28/h4-5,8-11,14,19-22,25,28-29H,6-7,12-13,15-18H2,1-3H3/b23-4+,31-5-,33-20+. The highest BCUT2D eigenvalue weighted by molar-refractivity contribution is 5.77. The number of benzene rings is 2. The summed E-state index contributed by atoms with van der Waals surface area (Å²) in [6.07, 6.45) is 5.61. The van der Waals surface area contributed by atoms with E-state index in [1.165, 1.54) is 19.1 Å². The lowest BCUT2D eigenvalue weighted by Gasteiger charge is -2.36. The summed E-state index contributed by atoms with van der Waals surface area (Å²) in [4.78, 5) is 0. The number of alkyl halides is 2. The van der Waals surface area contributed by atoms with Gasteiger partial charge in [0.15, 0.2) is 11.7 Å². The van der Waals surface area contributed by atoms with E-state index < -0.39 is 35.6 Å². The third kappa shape index (κ3) is 7.31. The molecule has 0 radical (unpaired) electrons. The van der Waals surface area contributed by atoms with Gasteiger partial charge >= 0.3 is 6.11 Å². The average molecular weight is 559 g/mol. The maximum Gasteiger partial charge on any atom is 0.358 e. The Bertz CT molecular complexity index is 1230. The molecule has 0 atom stereocenters. The van der Waals surface area contributed by atoms with Crippen LogP contribution in [-0.4, -0.2) is 12.2 Å². The van der Waals surface area contributed by atoms with Gasteiger partial charge in [0.25, 0.3) is 0 Å². The summed E-state index contributed by atoms with van der Waals surface area (Å²) in [6, 6.07) is 12.6. The molecule has 2 fully saturated rings. The largest absolute Gasteiger partial charge is 0.358 e. The molecule has 2 aliphatic carbocycles. The van der Waals surface area contributed by atoms with Crippen molar-refractivity contribution in [2.45, 2.75) is 90.3 Å². The molecule has 4 rings (SSSR count). The quantitative estimate of drug-likeness (QED) is 0.231. The molecule has 1 nitrogen and oxygen atoms in total. The Labute approximate surface area is 234 Å². The van der Waals surface area contributed by atoms with Gasteiger partial charge in [0.1, 0.15) is 5.82 Å². The Morgan fingerprint density at radius 2 is 1.43 bits per heavy atom. The van der Waals surface area contributed by atoms with Crippen LogP contribution in [0, 0.1) is 17.7 Å². The van der Waals surface area contributed by atoms with E-state index in [9.17, 15) is 17.6 Å². The van der Waals surface area contributed by atoms with E-state index in [0.29, 0.717) is 37.2 Å². The first-order valence-corrected chi connectivity index (χ1v) is 14.4. The highest BCUT2D eigenvalue weighted by Crippen LogP contribution is 2.43. The van der Waals surface area contributed by atoms with Crippen LogP contribution in [0.5, 0.6) is 0 Å². The molecule has 2 saturated carbocycles. The summed E-state index contributed by atoms with van der Waals surface area (Å²) >= 11 is 0. The summed E-state index contributed by atoms with van der Waals surface area (Å²) in [5.41, 5.74) is 3.07. The Balaban J connectivity index is 1.36. The first-order valence-electron chi connectivity index (χ1n) is 14.4. The lowest BCUT2D eigenvalue weighted by Crippen LogP contribution is -2.38. The molecule has 0 saturated heterocycles. The van der Waals surface area contributed by atoms with Gasteiger partial charge in [-0.1, -0.05) is 62.2 Å². The topological polar surface area (TPSA) is 9.23 Å². The van der Waals surface area contributed by atoms with Gasteiger partial charge in [0, 0.05) is 5.56 Å². The van der Waals surface area contributed by atoms with Crippen LogP contribution in [0.1, 0.15) is 89.2 Å². The molecule has 0 N–H and O–H groups in total. The van der Waals surface area contributed by atoms with Crippen LogP contribution in [0.2, 0.25) is 0 Å². The van der Waals surface area contributed by atoms with Crippen molar-refractivity contribution in [2.24, 2.45) is 11.8 Å². The van der Waals surface area contributed by atoms with Crippen LogP contribution < -0.4 is 0 Å². The van der Waals surface area contributed by atoms with Gasteiger partial charge in [-0.15, -0.1) is 0 Å². The number of rotatable bonds is 8. The second kappa shape index (κ2) is 13.3. The number of hydrogen-bond acceptors (Lipinski definition) is 1. The fourth-order valence-corrected chi connectivity index (χ4v) is 5.97. The SMILES string of the molecule is C/C=C(F)/C(F)=C\C(=C/C)c1ccc(-c2ccc(C3CCC(OC(F)(F)C4CCC(C)CC4)CC3)cc2)cc1F. The molecule has 0 aromatic heterocycles. The lowest BCUT2D eigenvalue weighted by atomic mass is 9.81. The Hall–Kier alpha value is -2.73.